The fraction of sp³-hybridized carbons (Fsp3) is 0.692. The molecule has 0 bridgehead atoms. The van der Waals surface area contributed by atoms with E-state index < -0.39 is 0 Å². The number of ether oxygens (including phenoxy) is 1. The summed E-state index contributed by atoms with van der Waals surface area (Å²) in [5.41, 5.74) is 5.93. The van der Waals surface area contributed by atoms with Crippen molar-refractivity contribution in [2.24, 2.45) is 0 Å². The molecule has 2 aliphatic rings. The smallest absolute Gasteiger partial charge is 0.265 e. The molecule has 0 aliphatic carbocycles. The minimum absolute atomic E-state index is 0.113. The highest BCUT2D eigenvalue weighted by atomic mass is 32.1. The first-order valence-electron chi connectivity index (χ1n) is 7.34. The fourth-order valence-corrected chi connectivity index (χ4v) is 3.51. The van der Waals surface area contributed by atoms with Gasteiger partial charge in [-0.3, -0.25) is 4.79 Å². The molecule has 21 heavy (non-hydrogen) atoms. The Hall–Kier alpha value is -1.38. The van der Waals surface area contributed by atoms with Gasteiger partial charge >= 0.3 is 0 Å². The first-order valence-corrected chi connectivity index (χ1v) is 8.16. The lowest BCUT2D eigenvalue weighted by Crippen LogP contribution is -2.43. The Morgan fingerprint density at radius 3 is 2.81 bits per heavy atom. The normalized spacial score (nSPS) is 20.5. The lowest BCUT2D eigenvalue weighted by molar-refractivity contribution is 0.0698. The zero-order chi connectivity index (χ0) is 14.7. The zero-order valence-corrected chi connectivity index (χ0v) is 12.7. The van der Waals surface area contributed by atoms with Crippen LogP contribution in [0.1, 0.15) is 22.5 Å². The summed E-state index contributed by atoms with van der Waals surface area (Å²) in [5, 5.41) is 7.17. The van der Waals surface area contributed by atoms with Crippen LogP contribution < -0.4 is 21.3 Å². The number of hydrogen-bond donors (Lipinski definition) is 3. The third-order valence-electron chi connectivity index (χ3n) is 3.79. The largest absolute Gasteiger partial charge is 0.382 e. The van der Waals surface area contributed by atoms with Gasteiger partial charge in [-0.05, 0) is 12.8 Å². The van der Waals surface area contributed by atoms with Crippen molar-refractivity contribution in [1.82, 2.24) is 15.6 Å². The van der Waals surface area contributed by atoms with Crippen molar-refractivity contribution >= 4 is 28.2 Å². The van der Waals surface area contributed by atoms with E-state index in [9.17, 15) is 4.79 Å². The molecule has 8 heteroatoms. The molecule has 0 atom stereocenters. The minimum Gasteiger partial charge on any atom is -0.382 e. The molecule has 1 aromatic rings. The van der Waals surface area contributed by atoms with Crippen LogP contribution in [0, 0.1) is 0 Å². The third kappa shape index (κ3) is 3.45. The number of carbonyl (C=O) groups excluding carboxylic acids is 1. The number of thiazole rings is 1. The summed E-state index contributed by atoms with van der Waals surface area (Å²) < 4.78 is 5.30. The number of rotatable bonds is 3. The first-order chi connectivity index (χ1) is 10.2. The first kappa shape index (κ1) is 14.6. The van der Waals surface area contributed by atoms with Crippen LogP contribution in [0.4, 0.5) is 10.9 Å². The Morgan fingerprint density at radius 2 is 2.10 bits per heavy atom. The topological polar surface area (TPSA) is 92.5 Å². The molecule has 0 radical (unpaired) electrons. The van der Waals surface area contributed by atoms with E-state index in [-0.39, 0.29) is 11.9 Å². The van der Waals surface area contributed by atoms with Crippen LogP contribution in [-0.4, -0.2) is 56.3 Å². The summed E-state index contributed by atoms with van der Waals surface area (Å²) in [4.78, 5) is 19.4. The highest BCUT2D eigenvalue weighted by Gasteiger charge is 2.23. The predicted octanol–water partition coefficient (Wildman–Crippen LogP) is 0.0437. The lowest BCUT2D eigenvalue weighted by atomic mass is 10.1. The van der Waals surface area contributed by atoms with Gasteiger partial charge in [0.2, 0.25) is 0 Å². The van der Waals surface area contributed by atoms with Crippen LogP contribution in [0.25, 0.3) is 0 Å². The van der Waals surface area contributed by atoms with E-state index in [1.54, 1.807) is 0 Å². The van der Waals surface area contributed by atoms with Crippen LogP contribution in [0.5, 0.6) is 0 Å². The van der Waals surface area contributed by atoms with Gasteiger partial charge in [0, 0.05) is 45.4 Å². The molecule has 2 saturated heterocycles. The van der Waals surface area contributed by atoms with Gasteiger partial charge in [-0.25, -0.2) is 4.98 Å². The molecule has 3 heterocycles. The second kappa shape index (κ2) is 6.59. The number of nitrogens with two attached hydrogens (primary N) is 1. The molecule has 0 saturated carbocycles. The Labute approximate surface area is 127 Å². The fourth-order valence-electron chi connectivity index (χ4n) is 2.57. The molecular weight excluding hydrogens is 290 g/mol. The van der Waals surface area contributed by atoms with Crippen molar-refractivity contribution in [3.63, 3.8) is 0 Å². The number of nitrogens with zero attached hydrogens (tertiary/aromatic N) is 2. The SMILES string of the molecule is Nc1nc(N2CCNCC2)sc1C(=O)NC1CCOCC1. The summed E-state index contributed by atoms with van der Waals surface area (Å²) in [6, 6.07) is 0.176. The molecule has 116 valence electrons. The van der Waals surface area contributed by atoms with Gasteiger partial charge < -0.3 is 26.0 Å². The molecule has 3 rings (SSSR count). The number of anilines is 2. The molecule has 2 aliphatic heterocycles. The molecule has 0 aromatic carbocycles. The van der Waals surface area contributed by atoms with Crippen molar-refractivity contribution in [2.45, 2.75) is 18.9 Å². The summed E-state index contributed by atoms with van der Waals surface area (Å²) in [5.74, 6) is 0.219. The standard InChI is InChI=1S/C13H21N5O2S/c14-11-10(12(19)16-9-1-7-20-8-2-9)21-13(17-11)18-5-3-15-4-6-18/h9,15H,1-8,14H2,(H,16,19). The number of carbonyl (C=O) groups is 1. The number of amides is 1. The van der Waals surface area contributed by atoms with Crippen molar-refractivity contribution in [1.29, 1.82) is 0 Å². The summed E-state index contributed by atoms with van der Waals surface area (Å²) in [7, 11) is 0. The Balaban J connectivity index is 1.66. The van der Waals surface area contributed by atoms with Gasteiger partial charge in [0.05, 0.1) is 0 Å². The average Bonchev–Trinajstić information content (AvgIpc) is 2.91. The number of aromatic nitrogens is 1. The van der Waals surface area contributed by atoms with Crippen LogP contribution in [0.3, 0.4) is 0 Å². The highest BCUT2D eigenvalue weighted by Crippen LogP contribution is 2.28. The van der Waals surface area contributed by atoms with E-state index in [1.807, 2.05) is 0 Å². The summed E-state index contributed by atoms with van der Waals surface area (Å²) in [6.45, 7) is 5.07. The molecular formula is C13H21N5O2S. The van der Waals surface area contributed by atoms with Gasteiger partial charge in [-0.15, -0.1) is 0 Å². The van der Waals surface area contributed by atoms with Crippen LogP contribution in [-0.2, 0) is 4.74 Å². The lowest BCUT2D eigenvalue weighted by Gasteiger charge is -2.26. The van der Waals surface area contributed by atoms with E-state index in [0.29, 0.717) is 23.9 Å². The van der Waals surface area contributed by atoms with E-state index in [2.05, 4.69) is 20.5 Å². The van der Waals surface area contributed by atoms with Crippen LogP contribution >= 0.6 is 11.3 Å². The van der Waals surface area contributed by atoms with Crippen LogP contribution in [0.15, 0.2) is 0 Å². The van der Waals surface area contributed by atoms with E-state index >= 15 is 0 Å². The molecule has 7 nitrogen and oxygen atoms in total. The number of hydrogen-bond acceptors (Lipinski definition) is 7. The van der Waals surface area contributed by atoms with Crippen molar-refractivity contribution in [3.05, 3.63) is 4.88 Å². The van der Waals surface area contributed by atoms with Crippen molar-refractivity contribution in [3.8, 4) is 0 Å². The molecule has 0 spiro atoms. The quantitative estimate of drug-likeness (QED) is 0.730. The molecule has 1 amide bonds. The molecule has 1 aromatic heterocycles. The molecule has 2 fully saturated rings. The molecule has 0 unspecified atom stereocenters. The maximum absolute atomic E-state index is 12.3. The Morgan fingerprint density at radius 1 is 1.38 bits per heavy atom. The van der Waals surface area contributed by atoms with Gasteiger partial charge in [-0.1, -0.05) is 11.3 Å². The minimum atomic E-state index is -0.113. The maximum atomic E-state index is 12.3. The summed E-state index contributed by atoms with van der Waals surface area (Å²) in [6.07, 6.45) is 1.71. The average molecular weight is 311 g/mol. The summed E-state index contributed by atoms with van der Waals surface area (Å²) >= 11 is 1.38. The predicted molar refractivity (Wildman–Crippen MR) is 82.9 cm³/mol. The van der Waals surface area contributed by atoms with Gasteiger partial charge in [0.1, 0.15) is 10.7 Å². The second-order valence-corrected chi connectivity index (χ2v) is 6.29. The number of nitrogens with one attached hydrogen (secondary N) is 2. The van der Waals surface area contributed by atoms with Crippen molar-refractivity contribution in [2.75, 3.05) is 50.0 Å². The van der Waals surface area contributed by atoms with Gasteiger partial charge in [-0.2, -0.15) is 0 Å². The number of piperazine rings is 1. The number of nitrogen functional groups attached to an aromatic ring is 1. The zero-order valence-electron chi connectivity index (χ0n) is 11.9. The maximum Gasteiger partial charge on any atom is 0.265 e. The van der Waals surface area contributed by atoms with Gasteiger partial charge in [0.15, 0.2) is 5.13 Å². The molecule has 4 N–H and O–H groups in total. The van der Waals surface area contributed by atoms with Gasteiger partial charge in [0.25, 0.3) is 5.91 Å². The third-order valence-corrected chi connectivity index (χ3v) is 4.92. The van der Waals surface area contributed by atoms with Crippen LogP contribution in [0.2, 0.25) is 0 Å². The Bertz CT molecular complexity index is 495. The highest BCUT2D eigenvalue weighted by molar-refractivity contribution is 7.18. The van der Waals surface area contributed by atoms with E-state index in [1.165, 1.54) is 11.3 Å². The van der Waals surface area contributed by atoms with E-state index in [4.69, 9.17) is 10.5 Å². The Kier molecular flexibility index (Phi) is 4.57. The van der Waals surface area contributed by atoms with Crippen molar-refractivity contribution < 1.29 is 9.53 Å². The van der Waals surface area contributed by atoms with E-state index in [0.717, 1.165) is 44.2 Å². The second-order valence-electron chi connectivity index (χ2n) is 5.31. The monoisotopic (exact) mass is 311 g/mol.